The van der Waals surface area contributed by atoms with Crippen LogP contribution in [0.3, 0.4) is 0 Å². The molecule has 0 aromatic heterocycles. The Balaban J connectivity index is 2.33. The average Bonchev–Trinajstić information content (AvgIpc) is 2.43. The number of nitrogens with one attached hydrogen (secondary N) is 1. The van der Waals surface area contributed by atoms with E-state index in [-0.39, 0.29) is 11.4 Å². The van der Waals surface area contributed by atoms with Crippen LogP contribution < -0.4 is 5.32 Å². The molecule has 0 saturated heterocycles. The Labute approximate surface area is 126 Å². The van der Waals surface area contributed by atoms with E-state index in [1.807, 2.05) is 6.92 Å². The second kappa shape index (κ2) is 6.96. The lowest BCUT2D eigenvalue weighted by atomic mass is 9.98. The van der Waals surface area contributed by atoms with E-state index in [0.29, 0.717) is 17.7 Å². The van der Waals surface area contributed by atoms with Gasteiger partial charge in [0.2, 0.25) is 0 Å². The van der Waals surface area contributed by atoms with E-state index >= 15 is 0 Å². The summed E-state index contributed by atoms with van der Waals surface area (Å²) in [6.45, 7) is 2.44. The largest absolute Gasteiger partial charge is 0.310 e. The van der Waals surface area contributed by atoms with Gasteiger partial charge < -0.3 is 5.32 Å². The minimum atomic E-state index is -0.650. The molecule has 1 N–H and O–H groups in total. The Kier molecular flexibility index (Phi) is 5.26. The van der Waals surface area contributed by atoms with E-state index in [1.165, 1.54) is 18.2 Å². The van der Waals surface area contributed by atoms with Gasteiger partial charge in [0.1, 0.15) is 17.5 Å². The molecule has 0 fully saturated rings. The molecule has 0 bridgehead atoms. The van der Waals surface area contributed by atoms with Crippen LogP contribution in [0, 0.1) is 17.5 Å². The molecule has 2 aromatic rings. The van der Waals surface area contributed by atoms with Gasteiger partial charge in [-0.25, -0.2) is 13.2 Å². The number of hydrogen-bond acceptors (Lipinski definition) is 1. The summed E-state index contributed by atoms with van der Waals surface area (Å²) in [5.74, 6) is -1.80. The fourth-order valence-corrected chi connectivity index (χ4v) is 2.44. The van der Waals surface area contributed by atoms with E-state index in [2.05, 4.69) is 5.32 Å². The van der Waals surface area contributed by atoms with Crippen molar-refractivity contribution in [1.29, 1.82) is 0 Å². The molecular weight excluding hydrogens is 299 g/mol. The minimum absolute atomic E-state index is 0.0299. The lowest BCUT2D eigenvalue weighted by Crippen LogP contribution is -2.24. The molecule has 1 unspecified atom stereocenters. The Hall–Kier alpha value is -1.52. The molecule has 0 aliphatic heterocycles. The zero-order valence-corrected chi connectivity index (χ0v) is 12.2. The molecule has 2 aromatic carbocycles. The average molecular weight is 314 g/mol. The zero-order chi connectivity index (χ0) is 15.4. The van der Waals surface area contributed by atoms with Crippen molar-refractivity contribution < 1.29 is 13.2 Å². The van der Waals surface area contributed by atoms with Gasteiger partial charge in [-0.1, -0.05) is 36.7 Å². The SMILES string of the molecule is CCNC(Cc1cccc(Cl)c1F)c1ccc(F)cc1F. The van der Waals surface area contributed by atoms with E-state index in [4.69, 9.17) is 11.6 Å². The molecule has 0 spiro atoms. The van der Waals surface area contributed by atoms with Crippen LogP contribution in [0.2, 0.25) is 5.02 Å². The zero-order valence-electron chi connectivity index (χ0n) is 11.5. The first kappa shape index (κ1) is 15.9. The summed E-state index contributed by atoms with van der Waals surface area (Å²) in [6, 6.07) is 7.65. The summed E-state index contributed by atoms with van der Waals surface area (Å²) < 4.78 is 40.9. The third-order valence-corrected chi connectivity index (χ3v) is 3.54. The van der Waals surface area contributed by atoms with Crippen LogP contribution in [-0.4, -0.2) is 6.54 Å². The molecule has 0 saturated carbocycles. The standard InChI is InChI=1S/C16H15ClF3N/c1-2-21-15(12-7-6-11(18)9-14(12)19)8-10-4-3-5-13(17)16(10)20/h3-7,9,15,21H,2,8H2,1H3. The third kappa shape index (κ3) is 3.77. The molecule has 1 nitrogen and oxygen atoms in total. The van der Waals surface area contributed by atoms with E-state index < -0.39 is 23.5 Å². The van der Waals surface area contributed by atoms with Crippen molar-refractivity contribution in [3.05, 3.63) is 70.0 Å². The normalized spacial score (nSPS) is 12.4. The second-order valence-corrected chi connectivity index (χ2v) is 5.10. The Morgan fingerprint density at radius 2 is 1.90 bits per heavy atom. The molecular formula is C16H15ClF3N. The van der Waals surface area contributed by atoms with Gasteiger partial charge in [0.15, 0.2) is 0 Å². The molecule has 0 aliphatic rings. The Morgan fingerprint density at radius 1 is 1.14 bits per heavy atom. The van der Waals surface area contributed by atoms with Crippen molar-refractivity contribution in [1.82, 2.24) is 5.32 Å². The fraction of sp³-hybridized carbons (Fsp3) is 0.250. The molecule has 2 rings (SSSR count). The topological polar surface area (TPSA) is 12.0 Å². The number of rotatable bonds is 5. The first-order chi connectivity index (χ1) is 10.0. The molecule has 1 atom stereocenters. The van der Waals surface area contributed by atoms with Crippen molar-refractivity contribution in [2.45, 2.75) is 19.4 Å². The monoisotopic (exact) mass is 313 g/mol. The van der Waals surface area contributed by atoms with Gasteiger partial charge in [-0.3, -0.25) is 0 Å². The van der Waals surface area contributed by atoms with Gasteiger partial charge >= 0.3 is 0 Å². The summed E-state index contributed by atoms with van der Waals surface area (Å²) >= 11 is 5.75. The molecule has 21 heavy (non-hydrogen) atoms. The summed E-state index contributed by atoms with van der Waals surface area (Å²) in [5, 5.41) is 3.11. The van der Waals surface area contributed by atoms with Crippen LogP contribution in [0.25, 0.3) is 0 Å². The maximum absolute atomic E-state index is 14.0. The van der Waals surface area contributed by atoms with Gasteiger partial charge in [-0.15, -0.1) is 0 Å². The summed E-state index contributed by atoms with van der Waals surface area (Å²) in [4.78, 5) is 0. The van der Waals surface area contributed by atoms with Crippen molar-refractivity contribution in [2.75, 3.05) is 6.54 Å². The summed E-state index contributed by atoms with van der Waals surface area (Å²) in [7, 11) is 0. The van der Waals surface area contributed by atoms with Crippen molar-refractivity contribution in [3.63, 3.8) is 0 Å². The number of halogens is 4. The van der Waals surface area contributed by atoms with Crippen LogP contribution in [0.1, 0.15) is 24.1 Å². The first-order valence-corrected chi connectivity index (χ1v) is 7.02. The molecule has 112 valence electrons. The lowest BCUT2D eigenvalue weighted by Gasteiger charge is -2.19. The van der Waals surface area contributed by atoms with E-state index in [9.17, 15) is 13.2 Å². The van der Waals surface area contributed by atoms with E-state index in [1.54, 1.807) is 12.1 Å². The molecule has 0 aliphatic carbocycles. The van der Waals surface area contributed by atoms with Gasteiger partial charge in [-0.05, 0) is 30.7 Å². The van der Waals surface area contributed by atoms with E-state index in [0.717, 1.165) is 6.07 Å². The highest BCUT2D eigenvalue weighted by Crippen LogP contribution is 2.25. The van der Waals surface area contributed by atoms with Crippen LogP contribution in [0.4, 0.5) is 13.2 Å². The van der Waals surface area contributed by atoms with Gasteiger partial charge in [0.05, 0.1) is 5.02 Å². The maximum Gasteiger partial charge on any atom is 0.145 e. The first-order valence-electron chi connectivity index (χ1n) is 6.64. The van der Waals surface area contributed by atoms with Crippen LogP contribution in [0.15, 0.2) is 36.4 Å². The molecule has 5 heteroatoms. The molecule has 0 radical (unpaired) electrons. The van der Waals surface area contributed by atoms with Crippen LogP contribution >= 0.6 is 11.6 Å². The third-order valence-electron chi connectivity index (χ3n) is 3.24. The highest BCUT2D eigenvalue weighted by Gasteiger charge is 2.18. The van der Waals surface area contributed by atoms with Crippen molar-refractivity contribution in [3.8, 4) is 0 Å². The van der Waals surface area contributed by atoms with Crippen molar-refractivity contribution >= 4 is 11.6 Å². The lowest BCUT2D eigenvalue weighted by molar-refractivity contribution is 0.492. The maximum atomic E-state index is 14.0. The van der Waals surface area contributed by atoms with Crippen LogP contribution in [-0.2, 0) is 6.42 Å². The fourth-order valence-electron chi connectivity index (χ4n) is 2.25. The quantitative estimate of drug-likeness (QED) is 0.847. The minimum Gasteiger partial charge on any atom is -0.310 e. The van der Waals surface area contributed by atoms with Crippen molar-refractivity contribution in [2.24, 2.45) is 0 Å². The predicted octanol–water partition coefficient (Wildman–Crippen LogP) is 4.65. The summed E-state index contributed by atoms with van der Waals surface area (Å²) in [6.07, 6.45) is 0.225. The predicted molar refractivity (Wildman–Crippen MR) is 77.9 cm³/mol. The molecule has 0 amide bonds. The number of hydrogen-bond donors (Lipinski definition) is 1. The van der Waals surface area contributed by atoms with Gasteiger partial charge in [-0.2, -0.15) is 0 Å². The smallest absolute Gasteiger partial charge is 0.145 e. The summed E-state index contributed by atoms with van der Waals surface area (Å²) in [5.41, 5.74) is 0.690. The Bertz CT molecular complexity index is 631. The number of likely N-dealkylation sites (N-methyl/N-ethyl adjacent to an activating group) is 1. The Morgan fingerprint density at radius 3 is 2.57 bits per heavy atom. The number of benzene rings is 2. The second-order valence-electron chi connectivity index (χ2n) is 4.69. The van der Waals surface area contributed by atoms with Crippen LogP contribution in [0.5, 0.6) is 0 Å². The highest BCUT2D eigenvalue weighted by molar-refractivity contribution is 6.30. The van der Waals surface area contributed by atoms with Gasteiger partial charge in [0, 0.05) is 17.7 Å². The highest BCUT2D eigenvalue weighted by atomic mass is 35.5. The van der Waals surface area contributed by atoms with Gasteiger partial charge in [0.25, 0.3) is 0 Å². The molecule has 0 heterocycles.